The number of fused-ring (bicyclic) bond motifs is 1. The van der Waals surface area contributed by atoms with E-state index in [0.29, 0.717) is 30.1 Å². The largest absolute Gasteiger partial charge is 0.495 e. The van der Waals surface area contributed by atoms with Gasteiger partial charge in [0.15, 0.2) is 0 Å². The van der Waals surface area contributed by atoms with E-state index >= 15 is 0 Å². The topological polar surface area (TPSA) is 88.6 Å². The van der Waals surface area contributed by atoms with Crippen LogP contribution in [0.4, 0.5) is 5.69 Å². The van der Waals surface area contributed by atoms with E-state index in [1.54, 1.807) is 35.6 Å². The van der Waals surface area contributed by atoms with Gasteiger partial charge in [-0.2, -0.15) is 4.31 Å². The molecule has 1 N–H and O–H groups in total. The van der Waals surface area contributed by atoms with Crippen LogP contribution in [0.2, 0.25) is 0 Å². The molecule has 0 aliphatic carbocycles. The second-order valence-corrected chi connectivity index (χ2v) is 10.8. The Hall–Kier alpha value is -2.75. The number of aromatic nitrogens is 1. The lowest BCUT2D eigenvalue weighted by Crippen LogP contribution is -2.35. The van der Waals surface area contributed by atoms with Crippen molar-refractivity contribution < 1.29 is 17.9 Å². The molecule has 1 aromatic heterocycles. The monoisotopic (exact) mass is 471 g/mol. The molecule has 0 bridgehead atoms. The molecule has 1 amide bonds. The summed E-state index contributed by atoms with van der Waals surface area (Å²) in [5, 5.41) is 3.81. The summed E-state index contributed by atoms with van der Waals surface area (Å²) >= 11 is 1.57. The van der Waals surface area contributed by atoms with Gasteiger partial charge in [-0.3, -0.25) is 4.79 Å². The molecular weight excluding hydrogens is 446 g/mol. The van der Waals surface area contributed by atoms with Crippen LogP contribution < -0.4 is 10.1 Å². The van der Waals surface area contributed by atoms with Gasteiger partial charge >= 0.3 is 0 Å². The number of rotatable bonds is 6. The summed E-state index contributed by atoms with van der Waals surface area (Å²) in [6.07, 6.45) is 5.74. The fraction of sp³-hybridized carbons (Fsp3) is 0.304. The smallest absolute Gasteiger partial charge is 0.248 e. The maximum Gasteiger partial charge on any atom is 0.248 e. The molecule has 0 spiro atoms. The van der Waals surface area contributed by atoms with Crippen molar-refractivity contribution in [3.8, 4) is 5.75 Å². The average Bonchev–Trinajstić information content (AvgIpc) is 3.17. The van der Waals surface area contributed by atoms with E-state index in [0.717, 1.165) is 34.5 Å². The van der Waals surface area contributed by atoms with E-state index in [4.69, 9.17) is 4.74 Å². The fourth-order valence-corrected chi connectivity index (χ4v) is 6.29. The highest BCUT2D eigenvalue weighted by Gasteiger charge is 2.29. The van der Waals surface area contributed by atoms with E-state index in [2.05, 4.69) is 10.3 Å². The first-order valence-electron chi connectivity index (χ1n) is 10.4. The Balaban J connectivity index is 1.52. The van der Waals surface area contributed by atoms with Crippen LogP contribution >= 0.6 is 11.3 Å². The lowest BCUT2D eigenvalue weighted by atomic mass is 10.2. The van der Waals surface area contributed by atoms with Crippen LogP contribution in [0.15, 0.2) is 47.4 Å². The minimum atomic E-state index is -3.66. The van der Waals surface area contributed by atoms with Crippen molar-refractivity contribution in [2.75, 3.05) is 25.5 Å². The predicted octanol–water partition coefficient (Wildman–Crippen LogP) is 4.44. The molecule has 1 aliphatic heterocycles. The first-order chi connectivity index (χ1) is 15.4. The first kappa shape index (κ1) is 22.4. The van der Waals surface area contributed by atoms with Crippen molar-refractivity contribution in [2.45, 2.75) is 31.1 Å². The van der Waals surface area contributed by atoms with E-state index in [-0.39, 0.29) is 10.8 Å². The summed E-state index contributed by atoms with van der Waals surface area (Å²) in [4.78, 5) is 17.0. The zero-order chi connectivity index (χ0) is 22.7. The molecule has 4 rings (SSSR count). The summed E-state index contributed by atoms with van der Waals surface area (Å²) < 4.78 is 34.1. The quantitative estimate of drug-likeness (QED) is 0.537. The highest BCUT2D eigenvalue weighted by molar-refractivity contribution is 7.89. The Morgan fingerprint density at radius 2 is 1.94 bits per heavy atom. The maximum atomic E-state index is 13.1. The molecule has 1 fully saturated rings. The van der Waals surface area contributed by atoms with Gasteiger partial charge in [-0.15, -0.1) is 11.3 Å². The SMILES string of the molecule is COc1ccc(/C=C/C(=O)Nc2ccc3nc(C)sc3c2)cc1S(=O)(=O)N1CCCCC1. The van der Waals surface area contributed by atoms with E-state index in [9.17, 15) is 13.2 Å². The molecule has 0 radical (unpaired) electrons. The number of ether oxygens (including phenoxy) is 1. The van der Waals surface area contributed by atoms with Crippen molar-refractivity contribution in [1.29, 1.82) is 0 Å². The Morgan fingerprint density at radius 3 is 2.69 bits per heavy atom. The van der Waals surface area contributed by atoms with Crippen LogP contribution in [0.1, 0.15) is 29.8 Å². The number of nitrogens with one attached hydrogen (secondary N) is 1. The van der Waals surface area contributed by atoms with Crippen molar-refractivity contribution in [1.82, 2.24) is 9.29 Å². The molecule has 0 saturated carbocycles. The number of thiazole rings is 1. The number of piperidine rings is 1. The molecule has 0 atom stereocenters. The minimum Gasteiger partial charge on any atom is -0.495 e. The third-order valence-electron chi connectivity index (χ3n) is 5.31. The molecular formula is C23H25N3O4S2. The summed E-state index contributed by atoms with van der Waals surface area (Å²) in [5.74, 6) is -0.00725. The van der Waals surface area contributed by atoms with Gasteiger partial charge in [-0.1, -0.05) is 12.5 Å². The van der Waals surface area contributed by atoms with Crippen LogP contribution in [-0.4, -0.2) is 43.8 Å². The standard InChI is InChI=1S/C23H25N3O4S2/c1-16-24-19-9-8-18(15-21(19)31-16)25-23(27)11-7-17-6-10-20(30-2)22(14-17)32(28,29)26-12-4-3-5-13-26/h6-11,14-15H,3-5,12-13H2,1-2H3,(H,25,27)/b11-7+. The Labute approximate surface area is 191 Å². The molecule has 168 valence electrons. The number of carbonyl (C=O) groups excluding carboxylic acids is 1. The molecule has 2 heterocycles. The number of nitrogens with zero attached hydrogens (tertiary/aromatic N) is 2. The van der Waals surface area contributed by atoms with Crippen molar-refractivity contribution >= 4 is 49.2 Å². The Bertz CT molecular complexity index is 1280. The van der Waals surface area contributed by atoms with Gasteiger partial charge in [-0.25, -0.2) is 13.4 Å². The molecule has 3 aromatic rings. The third-order valence-corrected chi connectivity index (χ3v) is 8.16. The van der Waals surface area contributed by atoms with Gasteiger partial charge in [0.1, 0.15) is 10.6 Å². The van der Waals surface area contributed by atoms with Gasteiger partial charge < -0.3 is 10.1 Å². The number of hydrogen-bond donors (Lipinski definition) is 1. The number of amides is 1. The summed E-state index contributed by atoms with van der Waals surface area (Å²) in [5.41, 5.74) is 2.19. The number of sulfonamides is 1. The molecule has 2 aromatic carbocycles. The number of methoxy groups -OCH3 is 1. The summed E-state index contributed by atoms with van der Waals surface area (Å²) in [6.45, 7) is 2.97. The van der Waals surface area contributed by atoms with Crippen LogP contribution in [0.3, 0.4) is 0 Å². The van der Waals surface area contributed by atoms with E-state index in [1.165, 1.54) is 17.5 Å². The fourth-order valence-electron chi connectivity index (χ4n) is 3.72. The van der Waals surface area contributed by atoms with Gasteiger partial charge in [-0.05, 0) is 61.7 Å². The second kappa shape index (κ2) is 9.40. The highest BCUT2D eigenvalue weighted by atomic mass is 32.2. The molecule has 1 saturated heterocycles. The normalized spacial score (nSPS) is 15.3. The number of aryl methyl sites for hydroxylation is 1. The number of benzene rings is 2. The van der Waals surface area contributed by atoms with Crippen molar-refractivity contribution in [3.05, 3.63) is 53.0 Å². The zero-order valence-corrected chi connectivity index (χ0v) is 19.6. The number of hydrogen-bond acceptors (Lipinski definition) is 6. The zero-order valence-electron chi connectivity index (χ0n) is 18.0. The van der Waals surface area contributed by atoms with E-state index in [1.807, 2.05) is 25.1 Å². The molecule has 9 heteroatoms. The molecule has 7 nitrogen and oxygen atoms in total. The molecule has 32 heavy (non-hydrogen) atoms. The van der Waals surface area contributed by atoms with Gasteiger partial charge in [0.05, 0.1) is 22.3 Å². The Morgan fingerprint density at radius 1 is 1.16 bits per heavy atom. The van der Waals surface area contributed by atoms with Crippen LogP contribution in [0.5, 0.6) is 5.75 Å². The van der Waals surface area contributed by atoms with Gasteiger partial charge in [0.2, 0.25) is 15.9 Å². The number of carbonyl (C=O) groups is 1. The van der Waals surface area contributed by atoms with E-state index < -0.39 is 10.0 Å². The van der Waals surface area contributed by atoms with Crippen LogP contribution in [0, 0.1) is 6.92 Å². The van der Waals surface area contributed by atoms with Gasteiger partial charge in [0, 0.05) is 24.9 Å². The van der Waals surface area contributed by atoms with Crippen LogP contribution in [0.25, 0.3) is 16.3 Å². The lowest BCUT2D eigenvalue weighted by molar-refractivity contribution is -0.111. The maximum absolute atomic E-state index is 13.1. The third kappa shape index (κ3) is 4.85. The average molecular weight is 472 g/mol. The minimum absolute atomic E-state index is 0.121. The van der Waals surface area contributed by atoms with Gasteiger partial charge in [0.25, 0.3) is 0 Å². The first-order valence-corrected chi connectivity index (χ1v) is 12.7. The highest BCUT2D eigenvalue weighted by Crippen LogP contribution is 2.30. The Kier molecular flexibility index (Phi) is 6.59. The molecule has 1 aliphatic rings. The summed E-state index contributed by atoms with van der Waals surface area (Å²) in [6, 6.07) is 10.5. The van der Waals surface area contributed by atoms with Crippen molar-refractivity contribution in [3.63, 3.8) is 0 Å². The number of anilines is 1. The van der Waals surface area contributed by atoms with Crippen molar-refractivity contribution in [2.24, 2.45) is 0 Å². The van der Waals surface area contributed by atoms with Crippen LogP contribution in [-0.2, 0) is 14.8 Å². The molecule has 0 unspecified atom stereocenters. The predicted molar refractivity (Wildman–Crippen MR) is 128 cm³/mol. The second-order valence-electron chi connectivity index (χ2n) is 7.61. The lowest BCUT2D eigenvalue weighted by Gasteiger charge is -2.26. The summed E-state index contributed by atoms with van der Waals surface area (Å²) in [7, 11) is -2.21.